The fourth-order valence-electron chi connectivity index (χ4n) is 10.2. The van der Waals surface area contributed by atoms with E-state index in [0.29, 0.717) is 11.1 Å². The second kappa shape index (κ2) is 16.9. The van der Waals surface area contributed by atoms with E-state index in [1.807, 2.05) is 54.6 Å². The molecule has 320 valence electrons. The zero-order chi connectivity index (χ0) is 45.6. The van der Waals surface area contributed by atoms with E-state index in [9.17, 15) is 10.5 Å². The Morgan fingerprint density at radius 2 is 0.868 bits per heavy atom. The van der Waals surface area contributed by atoms with Gasteiger partial charge in [-0.15, -0.1) is 0 Å². The molecule has 0 N–H and O–H groups in total. The standard InChI is InChI=1S/C62H42N6/c63-41-43-19-27-49(28-20-43)65(53-35-37-61-57(39-53)55-15-7-9-17-59(55)67(61)47-11-3-1-4-12-47)51-31-23-45(24-32-51)46-25-33-52(34-26-46)66(50-29-21-44(42-64)22-30-50)54-36-38-62-58(40-54)56-16-8-10-18-60(56)68(62)48-13-5-2-6-14-48/h1-40,55,59H. The molecule has 2 heterocycles. The minimum absolute atomic E-state index is 0.190. The van der Waals surface area contributed by atoms with Gasteiger partial charge in [0.15, 0.2) is 0 Å². The van der Waals surface area contributed by atoms with Gasteiger partial charge in [-0.3, -0.25) is 0 Å². The number of nitriles is 2. The molecule has 0 saturated carbocycles. The van der Waals surface area contributed by atoms with Crippen LogP contribution in [0.4, 0.5) is 45.5 Å². The highest BCUT2D eigenvalue weighted by Gasteiger charge is 2.38. The summed E-state index contributed by atoms with van der Waals surface area (Å²) in [5.74, 6) is 0.209. The molecule has 6 heteroatoms. The molecule has 1 aromatic heterocycles. The van der Waals surface area contributed by atoms with Crippen molar-refractivity contribution in [2.75, 3.05) is 14.7 Å². The summed E-state index contributed by atoms with van der Waals surface area (Å²) in [6.45, 7) is 0. The quantitative estimate of drug-likeness (QED) is 0.145. The molecule has 9 aromatic carbocycles. The predicted molar refractivity (Wildman–Crippen MR) is 278 cm³/mol. The van der Waals surface area contributed by atoms with Crippen molar-refractivity contribution in [1.82, 2.24) is 4.57 Å². The van der Waals surface area contributed by atoms with E-state index >= 15 is 0 Å². The third-order valence-electron chi connectivity index (χ3n) is 13.3. The Morgan fingerprint density at radius 1 is 0.397 bits per heavy atom. The molecule has 2 unspecified atom stereocenters. The molecular formula is C62H42N6. The Hall–Kier alpha value is -9.36. The molecule has 1 aliphatic heterocycles. The molecule has 1 aliphatic carbocycles. The van der Waals surface area contributed by atoms with Crippen LogP contribution >= 0.6 is 0 Å². The first-order chi connectivity index (χ1) is 33.6. The first-order valence-corrected chi connectivity index (χ1v) is 22.9. The van der Waals surface area contributed by atoms with Gasteiger partial charge in [-0.2, -0.15) is 10.5 Å². The van der Waals surface area contributed by atoms with Crippen molar-refractivity contribution in [3.63, 3.8) is 0 Å². The van der Waals surface area contributed by atoms with Gasteiger partial charge in [0.25, 0.3) is 0 Å². The van der Waals surface area contributed by atoms with Crippen LogP contribution in [0.5, 0.6) is 0 Å². The zero-order valence-corrected chi connectivity index (χ0v) is 36.9. The number of allylic oxidation sites excluding steroid dienone is 2. The van der Waals surface area contributed by atoms with E-state index in [4.69, 9.17) is 0 Å². The van der Waals surface area contributed by atoms with Crippen molar-refractivity contribution < 1.29 is 0 Å². The van der Waals surface area contributed by atoms with Gasteiger partial charge in [-0.05, 0) is 156 Å². The van der Waals surface area contributed by atoms with Crippen LogP contribution in [0.3, 0.4) is 0 Å². The van der Waals surface area contributed by atoms with Gasteiger partial charge >= 0.3 is 0 Å². The fourth-order valence-corrected chi connectivity index (χ4v) is 10.2. The van der Waals surface area contributed by atoms with Crippen molar-refractivity contribution in [2.45, 2.75) is 12.0 Å². The van der Waals surface area contributed by atoms with Gasteiger partial charge in [0, 0.05) is 67.9 Å². The molecule has 68 heavy (non-hydrogen) atoms. The third kappa shape index (κ3) is 6.97. The largest absolute Gasteiger partial charge is 0.333 e. The van der Waals surface area contributed by atoms with Crippen LogP contribution in [0, 0.1) is 22.7 Å². The fraction of sp³-hybridized carbons (Fsp3) is 0.0323. The topological polar surface area (TPSA) is 62.2 Å². The molecule has 0 saturated heterocycles. The molecule has 0 amide bonds. The van der Waals surface area contributed by atoms with E-state index in [0.717, 1.165) is 67.4 Å². The van der Waals surface area contributed by atoms with Gasteiger partial charge in [0.05, 0.1) is 40.3 Å². The number of fused-ring (bicyclic) bond motifs is 6. The molecule has 0 fully saturated rings. The van der Waals surface area contributed by atoms with Crippen LogP contribution in [0.15, 0.2) is 243 Å². The molecule has 10 aromatic rings. The first-order valence-electron chi connectivity index (χ1n) is 22.9. The van der Waals surface area contributed by atoms with Gasteiger partial charge < -0.3 is 19.3 Å². The zero-order valence-electron chi connectivity index (χ0n) is 36.9. The van der Waals surface area contributed by atoms with E-state index in [1.165, 1.54) is 22.3 Å². The maximum atomic E-state index is 9.67. The summed E-state index contributed by atoms with van der Waals surface area (Å²) in [6, 6.07) is 81.0. The van der Waals surface area contributed by atoms with E-state index in [-0.39, 0.29) is 12.0 Å². The summed E-state index contributed by atoms with van der Waals surface area (Å²) in [7, 11) is 0. The number of aromatic nitrogens is 1. The normalized spacial score (nSPS) is 14.6. The number of hydrogen-bond donors (Lipinski definition) is 0. The monoisotopic (exact) mass is 870 g/mol. The average Bonchev–Trinajstić information content (AvgIpc) is 3.92. The first kappa shape index (κ1) is 40.2. The Labute approximate surface area is 395 Å². The number of benzene rings is 9. The van der Waals surface area contributed by atoms with Crippen molar-refractivity contribution in [3.8, 4) is 29.0 Å². The highest BCUT2D eigenvalue weighted by atomic mass is 15.2. The Morgan fingerprint density at radius 3 is 1.46 bits per heavy atom. The summed E-state index contributed by atoms with van der Waals surface area (Å²) < 4.78 is 2.33. The Kier molecular flexibility index (Phi) is 9.98. The lowest BCUT2D eigenvalue weighted by molar-refractivity contribution is 0.745. The van der Waals surface area contributed by atoms with Crippen molar-refractivity contribution in [2.24, 2.45) is 0 Å². The number of para-hydroxylation sites is 3. The van der Waals surface area contributed by atoms with Crippen molar-refractivity contribution in [3.05, 3.63) is 259 Å². The smallest absolute Gasteiger partial charge is 0.0991 e. The molecule has 0 spiro atoms. The highest BCUT2D eigenvalue weighted by Crippen LogP contribution is 2.50. The molecule has 12 rings (SSSR count). The lowest BCUT2D eigenvalue weighted by Gasteiger charge is -2.28. The van der Waals surface area contributed by atoms with Crippen molar-refractivity contribution in [1.29, 1.82) is 10.5 Å². The summed E-state index contributed by atoms with van der Waals surface area (Å²) >= 11 is 0. The van der Waals surface area contributed by atoms with Crippen molar-refractivity contribution >= 4 is 67.3 Å². The predicted octanol–water partition coefficient (Wildman–Crippen LogP) is 15.9. The minimum Gasteiger partial charge on any atom is -0.333 e. The van der Waals surface area contributed by atoms with Crippen LogP contribution < -0.4 is 14.7 Å². The number of anilines is 8. The summed E-state index contributed by atoms with van der Waals surface area (Å²) in [5, 5.41) is 21.7. The van der Waals surface area contributed by atoms with E-state index in [1.54, 1.807) is 0 Å². The Balaban J connectivity index is 0.900. The van der Waals surface area contributed by atoms with Crippen LogP contribution in [0.25, 0.3) is 38.6 Å². The van der Waals surface area contributed by atoms with Crippen LogP contribution in [0.2, 0.25) is 0 Å². The van der Waals surface area contributed by atoms with Crippen LogP contribution in [-0.2, 0) is 0 Å². The molecule has 6 nitrogen and oxygen atoms in total. The van der Waals surface area contributed by atoms with Gasteiger partial charge in [0.1, 0.15) is 0 Å². The van der Waals surface area contributed by atoms with E-state index < -0.39 is 0 Å². The molecule has 0 bridgehead atoms. The average molecular weight is 871 g/mol. The van der Waals surface area contributed by atoms with Crippen LogP contribution in [0.1, 0.15) is 22.6 Å². The Bertz CT molecular complexity index is 3630. The summed E-state index contributed by atoms with van der Waals surface area (Å²) in [5.41, 5.74) is 16.5. The molecule has 0 radical (unpaired) electrons. The maximum absolute atomic E-state index is 9.67. The van der Waals surface area contributed by atoms with Gasteiger partial charge in [0.2, 0.25) is 0 Å². The highest BCUT2D eigenvalue weighted by molar-refractivity contribution is 6.10. The second-order valence-corrected chi connectivity index (χ2v) is 17.2. The summed E-state index contributed by atoms with van der Waals surface area (Å²) in [6.07, 6.45) is 8.93. The van der Waals surface area contributed by atoms with Gasteiger partial charge in [-0.25, -0.2) is 0 Å². The molecular weight excluding hydrogens is 829 g/mol. The van der Waals surface area contributed by atoms with Crippen LogP contribution in [-0.4, -0.2) is 10.6 Å². The molecule has 2 atom stereocenters. The number of rotatable bonds is 9. The lowest BCUT2D eigenvalue weighted by Crippen LogP contribution is -2.28. The summed E-state index contributed by atoms with van der Waals surface area (Å²) in [4.78, 5) is 6.99. The minimum atomic E-state index is 0.190. The maximum Gasteiger partial charge on any atom is 0.0991 e. The van der Waals surface area contributed by atoms with E-state index in [2.05, 4.69) is 220 Å². The second-order valence-electron chi connectivity index (χ2n) is 17.2. The van der Waals surface area contributed by atoms with Gasteiger partial charge in [-0.1, -0.05) is 103 Å². The lowest BCUT2D eigenvalue weighted by atomic mass is 9.91. The number of hydrogen-bond acceptors (Lipinski definition) is 5. The third-order valence-corrected chi connectivity index (χ3v) is 13.3. The SMILES string of the molecule is N#Cc1ccc(N(c2ccc(-c3ccc(N(c4ccc(C#N)cc4)c4ccc5c(c4)c4ccccc4n5-c4ccccc4)cc3)cc2)c2ccc3c(c2)C2C=CC=CC2N3c2ccccc2)cc1. The molecule has 2 aliphatic rings. The number of nitrogens with zero attached hydrogens (tertiary/aromatic N) is 6.